The molecule has 6 unspecified atom stereocenters. The minimum Gasteiger partial charge on any atom is -0.478 e. The van der Waals surface area contributed by atoms with Crippen molar-refractivity contribution in [2.24, 2.45) is 17.8 Å². The molecule has 2 N–H and O–H groups in total. The number of likely N-dealkylation sites (tertiary alicyclic amines) is 1. The summed E-state index contributed by atoms with van der Waals surface area (Å²) in [5.74, 6) is -6.86. The molecule has 0 bridgehead atoms. The van der Waals surface area contributed by atoms with Crippen molar-refractivity contribution in [3.05, 3.63) is 65.1 Å². The summed E-state index contributed by atoms with van der Waals surface area (Å²) in [7, 11) is 0. The summed E-state index contributed by atoms with van der Waals surface area (Å²) in [6.07, 6.45) is 1.72. The van der Waals surface area contributed by atoms with E-state index in [4.69, 9.17) is 27.6 Å². The zero-order valence-corrected chi connectivity index (χ0v) is 23.6. The number of carbonyl (C=O) groups excluding carboxylic acids is 4. The zero-order valence-electron chi connectivity index (χ0n) is 20.6. The molecule has 1 aromatic heterocycles. The van der Waals surface area contributed by atoms with E-state index in [1.165, 1.54) is 30.3 Å². The number of aliphatic hydroxyl groups is 1. The number of aromatic carboxylic acids is 1. The van der Waals surface area contributed by atoms with Gasteiger partial charge in [-0.1, -0.05) is 33.6 Å². The third-order valence-corrected chi connectivity index (χ3v) is 10.4. The van der Waals surface area contributed by atoms with Crippen molar-refractivity contribution in [1.82, 2.24) is 4.90 Å². The average molecular weight is 652 g/mol. The number of aliphatic hydroxyl groups excluding tert-OH is 1. The summed E-state index contributed by atoms with van der Waals surface area (Å²) in [4.78, 5) is 64.3. The minimum absolute atomic E-state index is 0.0846. The average Bonchev–Trinajstić information content (AvgIpc) is 3.55. The van der Waals surface area contributed by atoms with E-state index < -0.39 is 69.6 Å². The lowest BCUT2D eigenvalue weighted by atomic mass is 9.57. The first-order chi connectivity index (χ1) is 19.0. The van der Waals surface area contributed by atoms with Crippen molar-refractivity contribution in [3.63, 3.8) is 0 Å². The van der Waals surface area contributed by atoms with Gasteiger partial charge in [-0.3, -0.25) is 29.0 Å². The standard InChI is InChI=1S/C27H21BrCl2N2O8/c28-11-31-24(38)26(29)9-17-15(20(27(26,30)25(31)39)18-7-4-14(10-33)40-18)5-6-16-19(17)22(35)32(21(16)34)13-3-1-2-12(8-13)23(36)37/h1-5,7-8,16-17,19-20,33H,6,9-11H2,(H,36,37). The number of carbonyl (C=O) groups is 5. The predicted octanol–water partition coefficient (Wildman–Crippen LogP) is 3.39. The number of anilines is 1. The highest BCUT2D eigenvalue weighted by Crippen LogP contribution is 2.65. The van der Waals surface area contributed by atoms with Crippen LogP contribution in [0.3, 0.4) is 0 Å². The lowest BCUT2D eigenvalue weighted by Crippen LogP contribution is -2.60. The third kappa shape index (κ3) is 3.41. The van der Waals surface area contributed by atoms with Crippen LogP contribution in [-0.4, -0.2) is 59.9 Å². The number of carboxylic acid groups (broad SMARTS) is 1. The van der Waals surface area contributed by atoms with Crippen LogP contribution in [0.4, 0.5) is 5.69 Å². The Bertz CT molecular complexity index is 1540. The van der Waals surface area contributed by atoms with Gasteiger partial charge in [-0.25, -0.2) is 4.79 Å². The van der Waals surface area contributed by atoms with Gasteiger partial charge in [-0.2, -0.15) is 0 Å². The molecule has 3 fully saturated rings. The smallest absolute Gasteiger partial charge is 0.335 e. The van der Waals surface area contributed by atoms with Crippen molar-refractivity contribution in [3.8, 4) is 0 Å². The molecule has 40 heavy (non-hydrogen) atoms. The zero-order chi connectivity index (χ0) is 28.7. The molecule has 2 aromatic rings. The van der Waals surface area contributed by atoms with Crippen molar-refractivity contribution < 1.29 is 38.6 Å². The summed E-state index contributed by atoms with van der Waals surface area (Å²) in [6.45, 7) is -0.418. The molecule has 0 spiro atoms. The summed E-state index contributed by atoms with van der Waals surface area (Å²) in [5, 5.41) is 19.0. The van der Waals surface area contributed by atoms with Crippen LogP contribution in [0.5, 0.6) is 0 Å². The quantitative estimate of drug-likeness (QED) is 0.217. The fraction of sp³-hybridized carbons (Fsp3) is 0.370. The summed E-state index contributed by atoms with van der Waals surface area (Å²) >= 11 is 17.4. The topological polar surface area (TPSA) is 145 Å². The minimum atomic E-state index is -2.00. The number of alkyl halides is 3. The van der Waals surface area contributed by atoms with E-state index in [1.54, 1.807) is 12.1 Å². The molecule has 4 amide bonds. The number of halogens is 3. The lowest BCUT2D eigenvalue weighted by molar-refractivity contribution is -0.138. The van der Waals surface area contributed by atoms with Crippen LogP contribution in [0.25, 0.3) is 0 Å². The number of nitrogens with zero attached hydrogens (tertiary/aromatic N) is 2. The Morgan fingerprint density at radius 3 is 2.48 bits per heavy atom. The monoisotopic (exact) mass is 650 g/mol. The number of hydrogen-bond acceptors (Lipinski definition) is 7. The number of rotatable bonds is 5. The number of furan rings is 1. The molecule has 10 nitrogen and oxygen atoms in total. The Morgan fingerprint density at radius 2 is 1.82 bits per heavy atom. The van der Waals surface area contributed by atoms with Gasteiger partial charge in [0.2, 0.25) is 11.8 Å². The normalized spacial score (nSPS) is 33.1. The largest absolute Gasteiger partial charge is 0.478 e. The first-order valence-electron chi connectivity index (χ1n) is 12.4. The van der Waals surface area contributed by atoms with Gasteiger partial charge < -0.3 is 14.6 Å². The fourth-order valence-corrected chi connectivity index (χ4v) is 8.14. The Kier molecular flexibility index (Phi) is 6.30. The van der Waals surface area contributed by atoms with Crippen LogP contribution in [-0.2, 0) is 25.8 Å². The van der Waals surface area contributed by atoms with Crippen LogP contribution in [0.2, 0.25) is 0 Å². The first kappa shape index (κ1) is 27.2. The summed E-state index contributed by atoms with van der Waals surface area (Å²) < 4.78 is 5.83. The molecular formula is C27H21BrCl2N2O8. The lowest BCUT2D eigenvalue weighted by Gasteiger charge is -2.49. The molecule has 1 aromatic carbocycles. The van der Waals surface area contributed by atoms with E-state index in [0.29, 0.717) is 5.57 Å². The van der Waals surface area contributed by atoms with Crippen LogP contribution in [0.15, 0.2) is 52.5 Å². The molecule has 2 saturated heterocycles. The molecule has 6 atom stereocenters. The van der Waals surface area contributed by atoms with Gasteiger partial charge in [0.25, 0.3) is 11.8 Å². The summed E-state index contributed by atoms with van der Waals surface area (Å²) in [5.41, 5.74) is 0.438. The Morgan fingerprint density at radius 1 is 1.07 bits per heavy atom. The van der Waals surface area contributed by atoms with E-state index in [9.17, 15) is 34.2 Å². The van der Waals surface area contributed by atoms with Crippen LogP contribution in [0.1, 0.15) is 40.6 Å². The number of fused-ring (bicyclic) bond motifs is 4. The molecule has 13 heteroatoms. The maximum absolute atomic E-state index is 14.0. The van der Waals surface area contributed by atoms with Gasteiger partial charge in [-0.15, -0.1) is 23.2 Å². The van der Waals surface area contributed by atoms with Gasteiger partial charge in [0.1, 0.15) is 18.1 Å². The number of hydrogen-bond donors (Lipinski definition) is 2. The fourth-order valence-electron chi connectivity index (χ4n) is 6.73. The number of imide groups is 2. The molecule has 3 heterocycles. The molecule has 4 aliphatic rings. The second kappa shape index (κ2) is 9.27. The maximum atomic E-state index is 14.0. The van der Waals surface area contributed by atoms with E-state index in [0.717, 1.165) is 9.80 Å². The van der Waals surface area contributed by atoms with E-state index in [2.05, 4.69) is 15.9 Å². The Balaban J connectivity index is 1.49. The number of allylic oxidation sites excluding steroid dienone is 2. The van der Waals surface area contributed by atoms with E-state index >= 15 is 0 Å². The highest BCUT2D eigenvalue weighted by Gasteiger charge is 2.76. The second-order valence-corrected chi connectivity index (χ2v) is 12.1. The second-order valence-electron chi connectivity index (χ2n) is 10.3. The summed E-state index contributed by atoms with van der Waals surface area (Å²) in [6, 6.07) is 8.61. The van der Waals surface area contributed by atoms with Crippen LogP contribution in [0, 0.1) is 17.8 Å². The van der Waals surface area contributed by atoms with Crippen molar-refractivity contribution in [1.29, 1.82) is 0 Å². The molecule has 6 rings (SSSR count). The van der Waals surface area contributed by atoms with Gasteiger partial charge in [0.05, 0.1) is 34.5 Å². The Labute approximate surface area is 245 Å². The molecule has 2 aliphatic heterocycles. The maximum Gasteiger partial charge on any atom is 0.335 e. The van der Waals surface area contributed by atoms with Crippen LogP contribution < -0.4 is 4.90 Å². The number of carboxylic acids is 1. The number of amides is 4. The molecule has 1 saturated carbocycles. The third-order valence-electron chi connectivity index (χ3n) is 8.49. The van der Waals surface area contributed by atoms with Crippen LogP contribution >= 0.6 is 39.1 Å². The molecule has 2 aliphatic carbocycles. The molecule has 0 radical (unpaired) electrons. The van der Waals surface area contributed by atoms with Crippen molar-refractivity contribution in [2.45, 2.75) is 35.1 Å². The highest BCUT2D eigenvalue weighted by molar-refractivity contribution is 9.09. The molecular weight excluding hydrogens is 631 g/mol. The predicted molar refractivity (Wildman–Crippen MR) is 144 cm³/mol. The highest BCUT2D eigenvalue weighted by atomic mass is 79.9. The van der Waals surface area contributed by atoms with Gasteiger partial charge in [-0.05, 0) is 49.1 Å². The van der Waals surface area contributed by atoms with Gasteiger partial charge >= 0.3 is 5.97 Å². The van der Waals surface area contributed by atoms with Gasteiger partial charge in [0, 0.05) is 0 Å². The van der Waals surface area contributed by atoms with Gasteiger partial charge in [0.15, 0.2) is 9.75 Å². The van der Waals surface area contributed by atoms with Crippen molar-refractivity contribution in [2.75, 3.05) is 10.4 Å². The van der Waals surface area contributed by atoms with E-state index in [1.807, 2.05) is 0 Å². The first-order valence-corrected chi connectivity index (χ1v) is 14.3. The SMILES string of the molecule is O=C(O)c1cccc(N2C(=O)C3CC=C4C(CC5(Cl)C(=O)N(CBr)C(=O)C5(Cl)C4c4ccc(CO)o4)C3C2=O)c1. The van der Waals surface area contributed by atoms with E-state index in [-0.39, 0.29) is 41.1 Å². The number of benzene rings is 1. The van der Waals surface area contributed by atoms with Crippen molar-refractivity contribution >= 4 is 74.4 Å². The molecule has 208 valence electrons. The Hall–Kier alpha value is -2.99.